The zero-order chi connectivity index (χ0) is 30.4. The Morgan fingerprint density at radius 3 is 2.56 bits per heavy atom. The number of urea groups is 1. The zero-order valence-corrected chi connectivity index (χ0v) is 25.0. The third-order valence-electron chi connectivity index (χ3n) is 8.65. The number of carbonyl (C=O) groups excluding carboxylic acids is 4. The molecule has 5 rings (SSSR count). The number of hydrogen-bond donors (Lipinski definition) is 3. The van der Waals surface area contributed by atoms with E-state index in [1.54, 1.807) is 15.9 Å². The fraction of sp³-hybridized carbons (Fsp3) is 0.500. The molecule has 0 aromatic heterocycles. The van der Waals surface area contributed by atoms with Gasteiger partial charge < -0.3 is 30.3 Å². The summed E-state index contributed by atoms with van der Waals surface area (Å²) in [6.45, 7) is 1.80. The second-order valence-electron chi connectivity index (χ2n) is 11.8. The molecule has 0 bridgehead atoms. The van der Waals surface area contributed by atoms with Crippen LogP contribution in [0.3, 0.4) is 0 Å². The predicted molar refractivity (Wildman–Crippen MR) is 160 cm³/mol. The van der Waals surface area contributed by atoms with Gasteiger partial charge in [-0.2, -0.15) is 0 Å². The van der Waals surface area contributed by atoms with Crippen molar-refractivity contribution in [3.63, 3.8) is 0 Å². The normalized spacial score (nSPS) is 18.7. The van der Waals surface area contributed by atoms with Gasteiger partial charge in [-0.15, -0.1) is 0 Å². The van der Waals surface area contributed by atoms with Crippen LogP contribution < -0.4 is 15.4 Å². The lowest BCUT2D eigenvalue weighted by Crippen LogP contribution is -2.58. The molecule has 230 valence electrons. The van der Waals surface area contributed by atoms with Gasteiger partial charge in [0, 0.05) is 43.1 Å². The van der Waals surface area contributed by atoms with Crippen molar-refractivity contribution in [3.05, 3.63) is 64.2 Å². The van der Waals surface area contributed by atoms with E-state index >= 15 is 0 Å². The number of carbonyl (C=O) groups is 4. The number of nitrogens with one attached hydrogen (secondary N) is 2. The molecular weight excluding hydrogens is 572 g/mol. The first-order valence-electron chi connectivity index (χ1n) is 15.0. The summed E-state index contributed by atoms with van der Waals surface area (Å²) < 4.78 is 5.73. The highest BCUT2D eigenvalue weighted by Crippen LogP contribution is 2.29. The van der Waals surface area contributed by atoms with Gasteiger partial charge in [-0.05, 0) is 41.7 Å². The van der Waals surface area contributed by atoms with Crippen molar-refractivity contribution >= 4 is 35.7 Å². The van der Waals surface area contributed by atoms with E-state index in [0.717, 1.165) is 54.5 Å². The van der Waals surface area contributed by atoms with E-state index in [0.29, 0.717) is 44.2 Å². The molecule has 0 radical (unpaired) electrons. The number of hydrogen-bond acceptors (Lipinski definition) is 6. The summed E-state index contributed by atoms with van der Waals surface area (Å²) in [5.74, 6) is 0.0361. The molecule has 1 saturated carbocycles. The summed E-state index contributed by atoms with van der Waals surface area (Å²) in [7, 11) is 0. The number of fused-ring (bicyclic) bond motifs is 2. The number of para-hydroxylation sites is 1. The van der Waals surface area contributed by atoms with Gasteiger partial charge in [0.2, 0.25) is 11.8 Å². The molecule has 10 nitrogen and oxygen atoms in total. The van der Waals surface area contributed by atoms with Crippen molar-refractivity contribution < 1.29 is 29.0 Å². The molecule has 2 aromatic rings. The van der Waals surface area contributed by atoms with E-state index in [4.69, 9.17) is 16.3 Å². The van der Waals surface area contributed by atoms with Crippen LogP contribution in [0.5, 0.6) is 5.75 Å². The number of rotatable bonds is 9. The van der Waals surface area contributed by atoms with E-state index in [1.807, 2.05) is 36.4 Å². The lowest BCUT2D eigenvalue weighted by atomic mass is 9.84. The minimum Gasteiger partial charge on any atom is -0.491 e. The minimum absolute atomic E-state index is 0.161. The number of halogens is 1. The Labute approximate surface area is 256 Å². The van der Waals surface area contributed by atoms with Crippen molar-refractivity contribution in [2.75, 3.05) is 13.2 Å². The minimum atomic E-state index is -2.26. The average molecular weight is 611 g/mol. The van der Waals surface area contributed by atoms with Gasteiger partial charge >= 0.3 is 6.03 Å². The maximum Gasteiger partial charge on any atom is 0.318 e. The standard InChI is InChI=1S/C32H39ClN4O6/c33-26-11-10-23-18-37(20-25(23)17-26)31(41)34-27(16-22-6-2-1-3-7-22)30(40)35-32(42,21-38)13-12-29(39)36-14-15-43-28-9-5-4-8-24(28)19-36/h4-5,8-11,17,21-22,27,42H,1-3,6-7,12-16,18-20H2,(H,34,41)(H,35,40)/t27-,32?/m0/s1. The summed E-state index contributed by atoms with van der Waals surface area (Å²) in [4.78, 5) is 55.2. The molecule has 43 heavy (non-hydrogen) atoms. The molecule has 1 unspecified atom stereocenters. The molecule has 3 aliphatic rings. The summed E-state index contributed by atoms with van der Waals surface area (Å²) in [6, 6.07) is 11.6. The highest BCUT2D eigenvalue weighted by Gasteiger charge is 2.36. The monoisotopic (exact) mass is 610 g/mol. The van der Waals surface area contributed by atoms with Crippen LogP contribution in [0, 0.1) is 5.92 Å². The average Bonchev–Trinajstić information content (AvgIpc) is 3.31. The fourth-order valence-corrected chi connectivity index (χ4v) is 6.37. The maximum absolute atomic E-state index is 13.5. The third kappa shape index (κ3) is 7.86. The Morgan fingerprint density at radius 1 is 1.02 bits per heavy atom. The van der Waals surface area contributed by atoms with Crippen molar-refractivity contribution in [2.24, 2.45) is 5.92 Å². The molecule has 1 fully saturated rings. The molecule has 1 aliphatic carbocycles. The Kier molecular flexibility index (Phi) is 9.87. The van der Waals surface area contributed by atoms with Gasteiger partial charge in [-0.25, -0.2) is 4.79 Å². The van der Waals surface area contributed by atoms with Crippen molar-refractivity contribution in [1.82, 2.24) is 20.4 Å². The lowest BCUT2D eigenvalue weighted by molar-refractivity contribution is -0.143. The van der Waals surface area contributed by atoms with Crippen LogP contribution >= 0.6 is 11.6 Å². The van der Waals surface area contributed by atoms with Crippen LogP contribution in [0.1, 0.15) is 68.1 Å². The van der Waals surface area contributed by atoms with E-state index in [2.05, 4.69) is 10.6 Å². The van der Waals surface area contributed by atoms with Crippen LogP contribution in [-0.2, 0) is 34.0 Å². The van der Waals surface area contributed by atoms with Gasteiger partial charge in [0.1, 0.15) is 18.4 Å². The van der Waals surface area contributed by atoms with Gasteiger partial charge in [0.15, 0.2) is 12.0 Å². The predicted octanol–water partition coefficient (Wildman–Crippen LogP) is 3.91. The first-order valence-corrected chi connectivity index (χ1v) is 15.4. The third-order valence-corrected chi connectivity index (χ3v) is 8.88. The first-order chi connectivity index (χ1) is 20.7. The van der Waals surface area contributed by atoms with E-state index in [-0.39, 0.29) is 31.0 Å². The maximum atomic E-state index is 13.5. The van der Waals surface area contributed by atoms with Gasteiger partial charge in [0.05, 0.1) is 6.54 Å². The highest BCUT2D eigenvalue weighted by molar-refractivity contribution is 6.30. The van der Waals surface area contributed by atoms with Crippen molar-refractivity contribution in [3.8, 4) is 5.75 Å². The Hall–Kier alpha value is -3.63. The first kappa shape index (κ1) is 30.8. The number of nitrogens with zero attached hydrogens (tertiary/aromatic N) is 2. The largest absolute Gasteiger partial charge is 0.491 e. The van der Waals surface area contributed by atoms with Crippen molar-refractivity contribution in [2.45, 2.75) is 82.8 Å². The fourth-order valence-electron chi connectivity index (χ4n) is 6.18. The van der Waals surface area contributed by atoms with Crippen LogP contribution in [0.2, 0.25) is 5.02 Å². The molecule has 0 saturated heterocycles. The molecule has 2 atom stereocenters. The Bertz CT molecular complexity index is 1350. The Morgan fingerprint density at radius 2 is 1.77 bits per heavy atom. The summed E-state index contributed by atoms with van der Waals surface area (Å²) in [6.07, 6.45) is 5.33. The zero-order valence-electron chi connectivity index (χ0n) is 24.2. The Balaban J connectivity index is 1.21. The van der Waals surface area contributed by atoms with Crippen LogP contribution in [-0.4, -0.2) is 64.0 Å². The smallest absolute Gasteiger partial charge is 0.318 e. The van der Waals surface area contributed by atoms with Crippen LogP contribution in [0.25, 0.3) is 0 Å². The number of ether oxygens (including phenoxy) is 1. The molecule has 2 aromatic carbocycles. The number of aldehydes is 1. The van der Waals surface area contributed by atoms with Crippen LogP contribution in [0.4, 0.5) is 4.79 Å². The second-order valence-corrected chi connectivity index (χ2v) is 12.3. The summed E-state index contributed by atoms with van der Waals surface area (Å²) in [5.41, 5.74) is 0.559. The summed E-state index contributed by atoms with van der Waals surface area (Å²) >= 11 is 6.12. The van der Waals surface area contributed by atoms with Gasteiger partial charge in [-0.3, -0.25) is 14.4 Å². The number of benzene rings is 2. The van der Waals surface area contributed by atoms with E-state index < -0.39 is 23.7 Å². The summed E-state index contributed by atoms with van der Waals surface area (Å²) in [5, 5.41) is 17.0. The molecular formula is C32H39ClN4O6. The molecule has 2 heterocycles. The van der Waals surface area contributed by atoms with E-state index in [9.17, 15) is 24.3 Å². The molecule has 0 spiro atoms. The van der Waals surface area contributed by atoms with Crippen LogP contribution in [0.15, 0.2) is 42.5 Å². The van der Waals surface area contributed by atoms with Gasteiger partial charge in [0.25, 0.3) is 0 Å². The quantitative estimate of drug-likeness (QED) is 0.292. The molecule has 11 heteroatoms. The molecule has 4 amide bonds. The molecule has 2 aliphatic heterocycles. The highest BCUT2D eigenvalue weighted by atomic mass is 35.5. The van der Waals surface area contributed by atoms with Crippen molar-refractivity contribution in [1.29, 1.82) is 0 Å². The number of aliphatic hydroxyl groups is 1. The topological polar surface area (TPSA) is 128 Å². The van der Waals surface area contributed by atoms with E-state index in [1.165, 1.54) is 0 Å². The second kappa shape index (κ2) is 13.8. The number of amides is 4. The SMILES string of the molecule is O=CC(O)(CCC(=O)N1CCOc2ccccc2C1)NC(=O)[C@H](CC1CCCCC1)NC(=O)N1Cc2ccc(Cl)cc2C1. The lowest BCUT2D eigenvalue weighted by Gasteiger charge is -2.31. The van der Waals surface area contributed by atoms with Gasteiger partial charge in [-0.1, -0.05) is 68.0 Å². The molecule has 3 N–H and O–H groups in total.